The van der Waals surface area contributed by atoms with Crippen LogP contribution in [0.1, 0.15) is 13.3 Å². The van der Waals surface area contributed by atoms with E-state index in [0.717, 1.165) is 18.6 Å². The van der Waals surface area contributed by atoms with Gasteiger partial charge in [0.05, 0.1) is 4.90 Å². The molecule has 0 bridgehead atoms. The lowest BCUT2D eigenvalue weighted by Gasteiger charge is -2.22. The van der Waals surface area contributed by atoms with Gasteiger partial charge in [0.1, 0.15) is 5.82 Å². The van der Waals surface area contributed by atoms with Gasteiger partial charge in [0.2, 0.25) is 10.0 Å². The molecule has 1 aromatic carbocycles. The molecule has 2 N–H and O–H groups in total. The molecule has 1 fully saturated rings. The molecule has 114 valence electrons. The molecule has 4 nitrogen and oxygen atoms in total. The Hall–Kier alpha value is -0.210. The molecule has 1 unspecified atom stereocenters. The van der Waals surface area contributed by atoms with Crippen molar-refractivity contribution in [1.82, 2.24) is 4.31 Å². The van der Waals surface area contributed by atoms with Crippen LogP contribution in [0, 0.1) is 11.2 Å². The summed E-state index contributed by atoms with van der Waals surface area (Å²) in [7, 11) is -3.60. The fraction of sp³-hybridized carbons (Fsp3) is 0.500. The van der Waals surface area contributed by atoms with Gasteiger partial charge in [-0.1, -0.05) is 6.92 Å². The van der Waals surface area contributed by atoms with Crippen molar-refractivity contribution in [3.8, 4) is 0 Å². The molecule has 0 saturated carbocycles. The predicted molar refractivity (Wildman–Crippen MR) is 81.9 cm³/mol. The SMILES string of the molecule is CC1(CN)CCN(S(=O)(=O)c2ccc(F)cc2Br)C1.Cl. The molecule has 1 aliphatic heterocycles. The number of nitrogens with zero attached hydrogens (tertiary/aromatic N) is 1. The predicted octanol–water partition coefficient (Wildman–Crippen LogP) is 2.37. The molecule has 2 rings (SSSR count). The van der Waals surface area contributed by atoms with Gasteiger partial charge < -0.3 is 5.73 Å². The van der Waals surface area contributed by atoms with E-state index >= 15 is 0 Å². The summed E-state index contributed by atoms with van der Waals surface area (Å²) in [5, 5.41) is 0. The molecule has 0 radical (unpaired) electrons. The van der Waals surface area contributed by atoms with Gasteiger partial charge in [0.15, 0.2) is 0 Å². The first kappa shape index (κ1) is 17.8. The van der Waals surface area contributed by atoms with Crippen molar-refractivity contribution < 1.29 is 12.8 Å². The number of nitrogens with two attached hydrogens (primary N) is 1. The van der Waals surface area contributed by atoms with Crippen LogP contribution in [0.15, 0.2) is 27.6 Å². The summed E-state index contributed by atoms with van der Waals surface area (Å²) >= 11 is 3.11. The molecule has 1 aliphatic rings. The third-order valence-electron chi connectivity index (χ3n) is 3.53. The molecule has 0 spiro atoms. The summed E-state index contributed by atoms with van der Waals surface area (Å²) in [5.74, 6) is -0.473. The van der Waals surface area contributed by atoms with Crippen LogP contribution >= 0.6 is 28.3 Å². The highest BCUT2D eigenvalue weighted by Crippen LogP contribution is 2.34. The fourth-order valence-corrected chi connectivity index (χ4v) is 4.78. The minimum absolute atomic E-state index is 0. The van der Waals surface area contributed by atoms with Gasteiger partial charge in [-0.3, -0.25) is 0 Å². The molecular weight excluding hydrogens is 371 g/mol. The molecule has 1 heterocycles. The smallest absolute Gasteiger partial charge is 0.244 e. The number of benzene rings is 1. The zero-order chi connectivity index (χ0) is 14.3. The van der Waals surface area contributed by atoms with Gasteiger partial charge in [0, 0.05) is 17.6 Å². The largest absolute Gasteiger partial charge is 0.330 e. The Morgan fingerprint density at radius 2 is 2.15 bits per heavy atom. The van der Waals surface area contributed by atoms with Crippen molar-refractivity contribution >= 4 is 38.4 Å². The van der Waals surface area contributed by atoms with Crippen LogP contribution < -0.4 is 5.73 Å². The van der Waals surface area contributed by atoms with Gasteiger partial charge in [-0.15, -0.1) is 12.4 Å². The molecular formula is C12H17BrClFN2O2S. The molecule has 1 saturated heterocycles. The summed E-state index contributed by atoms with van der Waals surface area (Å²) in [4.78, 5) is 0.0928. The van der Waals surface area contributed by atoms with Crippen LogP contribution in [0.3, 0.4) is 0 Å². The molecule has 1 aromatic rings. The summed E-state index contributed by atoms with van der Waals surface area (Å²) in [6.07, 6.45) is 0.738. The average Bonchev–Trinajstić information content (AvgIpc) is 2.73. The fourth-order valence-electron chi connectivity index (χ4n) is 2.17. The Morgan fingerprint density at radius 1 is 1.50 bits per heavy atom. The Bertz CT molecular complexity index is 599. The lowest BCUT2D eigenvalue weighted by molar-refractivity contribution is 0.349. The van der Waals surface area contributed by atoms with Crippen LogP contribution in [-0.2, 0) is 10.0 Å². The van der Waals surface area contributed by atoms with Crippen molar-refractivity contribution in [3.05, 3.63) is 28.5 Å². The van der Waals surface area contributed by atoms with Gasteiger partial charge >= 0.3 is 0 Å². The molecule has 0 amide bonds. The third kappa shape index (κ3) is 3.33. The maximum atomic E-state index is 13.0. The maximum Gasteiger partial charge on any atom is 0.244 e. The van der Waals surface area contributed by atoms with Crippen LogP contribution in [-0.4, -0.2) is 32.4 Å². The number of rotatable bonds is 3. The van der Waals surface area contributed by atoms with Crippen molar-refractivity contribution in [3.63, 3.8) is 0 Å². The summed E-state index contributed by atoms with van der Waals surface area (Å²) in [6, 6.07) is 3.59. The topological polar surface area (TPSA) is 63.4 Å². The minimum atomic E-state index is -3.60. The molecule has 20 heavy (non-hydrogen) atoms. The van der Waals surface area contributed by atoms with Crippen molar-refractivity contribution in [2.75, 3.05) is 19.6 Å². The second-order valence-corrected chi connectivity index (χ2v) is 7.94. The van der Waals surface area contributed by atoms with E-state index in [1.54, 1.807) is 0 Å². The molecule has 1 atom stereocenters. The molecule has 0 aliphatic carbocycles. The van der Waals surface area contributed by atoms with E-state index in [2.05, 4.69) is 15.9 Å². The number of hydrogen-bond donors (Lipinski definition) is 1. The van der Waals surface area contributed by atoms with E-state index in [1.807, 2.05) is 6.92 Å². The third-order valence-corrected chi connectivity index (χ3v) is 6.35. The number of halogens is 3. The van der Waals surface area contributed by atoms with E-state index in [4.69, 9.17) is 5.73 Å². The second kappa shape index (κ2) is 6.27. The Morgan fingerprint density at radius 3 is 2.65 bits per heavy atom. The molecule has 8 heteroatoms. The first-order valence-electron chi connectivity index (χ1n) is 5.94. The lowest BCUT2D eigenvalue weighted by Crippen LogP contribution is -2.34. The standard InChI is InChI=1S/C12H16BrFN2O2S.ClH/c1-12(7-15)4-5-16(8-12)19(17,18)11-3-2-9(14)6-10(11)13;/h2-3,6H,4-5,7-8,15H2,1H3;1H. The van der Waals surface area contributed by atoms with Gasteiger partial charge in [-0.05, 0) is 52.5 Å². The molecule has 0 aromatic heterocycles. The van der Waals surface area contributed by atoms with E-state index in [0.29, 0.717) is 19.6 Å². The van der Waals surface area contributed by atoms with Crippen molar-refractivity contribution in [2.45, 2.75) is 18.2 Å². The second-order valence-electron chi connectivity index (χ2n) is 5.18. The summed E-state index contributed by atoms with van der Waals surface area (Å²) in [5.41, 5.74) is 5.50. The normalized spacial score (nSPS) is 23.6. The number of sulfonamides is 1. The van der Waals surface area contributed by atoms with E-state index < -0.39 is 15.8 Å². The van der Waals surface area contributed by atoms with Gasteiger partial charge in [-0.2, -0.15) is 4.31 Å². The minimum Gasteiger partial charge on any atom is -0.330 e. The van der Waals surface area contributed by atoms with Crippen molar-refractivity contribution in [2.24, 2.45) is 11.1 Å². The summed E-state index contributed by atoms with van der Waals surface area (Å²) in [6.45, 7) is 3.27. The monoisotopic (exact) mass is 386 g/mol. The highest BCUT2D eigenvalue weighted by atomic mass is 79.9. The van der Waals surface area contributed by atoms with E-state index in [-0.39, 0.29) is 27.2 Å². The van der Waals surface area contributed by atoms with Gasteiger partial charge in [-0.25, -0.2) is 12.8 Å². The quantitative estimate of drug-likeness (QED) is 0.866. The van der Waals surface area contributed by atoms with E-state index in [9.17, 15) is 12.8 Å². The lowest BCUT2D eigenvalue weighted by atomic mass is 9.90. The Labute approximate surface area is 133 Å². The first-order chi connectivity index (χ1) is 8.78. The zero-order valence-electron chi connectivity index (χ0n) is 11.0. The van der Waals surface area contributed by atoms with Crippen LogP contribution in [0.2, 0.25) is 0 Å². The first-order valence-corrected chi connectivity index (χ1v) is 8.17. The van der Waals surface area contributed by atoms with Crippen molar-refractivity contribution in [1.29, 1.82) is 0 Å². The average molecular weight is 388 g/mol. The Balaban J connectivity index is 0.00000200. The highest BCUT2D eigenvalue weighted by Gasteiger charge is 2.39. The maximum absolute atomic E-state index is 13.0. The van der Waals surface area contributed by atoms with Gasteiger partial charge in [0.25, 0.3) is 0 Å². The van der Waals surface area contributed by atoms with Crippen LogP contribution in [0.5, 0.6) is 0 Å². The summed E-state index contributed by atoms with van der Waals surface area (Å²) < 4.78 is 39.7. The Kier molecular flexibility index (Phi) is 5.60. The van der Waals surface area contributed by atoms with Crippen LogP contribution in [0.4, 0.5) is 4.39 Å². The number of hydrogen-bond acceptors (Lipinski definition) is 3. The van der Waals surface area contributed by atoms with E-state index in [1.165, 1.54) is 10.4 Å². The zero-order valence-corrected chi connectivity index (χ0v) is 14.2. The van der Waals surface area contributed by atoms with Crippen LogP contribution in [0.25, 0.3) is 0 Å². The highest BCUT2D eigenvalue weighted by molar-refractivity contribution is 9.10.